The van der Waals surface area contributed by atoms with E-state index in [-0.39, 0.29) is 0 Å². The lowest BCUT2D eigenvalue weighted by Gasteiger charge is -2.24. The number of rotatable bonds is 10. The Morgan fingerprint density at radius 2 is 1.16 bits per heavy atom. The number of nitrogens with zero attached hydrogens (tertiary/aromatic N) is 2. The van der Waals surface area contributed by atoms with Crippen molar-refractivity contribution in [2.75, 3.05) is 55.7 Å². The van der Waals surface area contributed by atoms with Gasteiger partial charge in [-0.1, -0.05) is 0 Å². The van der Waals surface area contributed by atoms with Crippen LogP contribution < -0.4 is 28.4 Å². The van der Waals surface area contributed by atoms with Crippen LogP contribution in [0.25, 0.3) is 0 Å². The van der Waals surface area contributed by atoms with Gasteiger partial charge < -0.3 is 28.4 Å². The number of hydrogen-bond acceptors (Lipinski definition) is 7. The van der Waals surface area contributed by atoms with E-state index < -0.39 is 0 Å². The highest BCUT2D eigenvalue weighted by molar-refractivity contribution is 5.55. The van der Waals surface area contributed by atoms with E-state index in [1.807, 2.05) is 24.3 Å². The predicted molar refractivity (Wildman–Crippen MR) is 122 cm³/mol. The van der Waals surface area contributed by atoms with Crippen LogP contribution in [-0.4, -0.2) is 71.6 Å². The van der Waals surface area contributed by atoms with E-state index in [0.29, 0.717) is 24.6 Å². The summed E-state index contributed by atoms with van der Waals surface area (Å²) >= 11 is 0. The highest BCUT2D eigenvalue weighted by Crippen LogP contribution is 2.36. The average molecular weight is 446 g/mol. The molecule has 1 heterocycles. The van der Waals surface area contributed by atoms with E-state index in [1.165, 1.54) is 0 Å². The van der Waals surface area contributed by atoms with E-state index in [0.717, 1.165) is 53.6 Å². The Morgan fingerprint density at radius 3 is 1.59 bits per heavy atom. The molecule has 0 amide bonds. The summed E-state index contributed by atoms with van der Waals surface area (Å²) in [5.74, 6) is 4.36. The Morgan fingerprint density at radius 1 is 0.688 bits per heavy atom. The number of hydrogen-bond donors (Lipinski definition) is 0. The molecule has 0 aliphatic carbocycles. The molecule has 0 N–H and O–H groups in total. The van der Waals surface area contributed by atoms with Crippen molar-refractivity contribution in [3.05, 3.63) is 35.4 Å². The van der Waals surface area contributed by atoms with Crippen LogP contribution >= 0.6 is 0 Å². The Balaban J connectivity index is 1.88. The summed E-state index contributed by atoms with van der Waals surface area (Å²) in [6, 6.07) is 7.53. The second kappa shape index (κ2) is 10.8. The summed E-state index contributed by atoms with van der Waals surface area (Å²) in [6.07, 6.45) is 3.17. The van der Waals surface area contributed by atoms with Gasteiger partial charge in [0.1, 0.15) is 47.6 Å². The Kier molecular flexibility index (Phi) is 7.92. The molecule has 32 heavy (non-hydrogen) atoms. The summed E-state index contributed by atoms with van der Waals surface area (Å²) in [4.78, 5) is 2.26. The first-order chi connectivity index (χ1) is 15.6. The monoisotopic (exact) mass is 445 g/mol. The molecule has 2 aromatic carbocycles. The smallest absolute Gasteiger partial charge is 0.234 e. The van der Waals surface area contributed by atoms with Crippen molar-refractivity contribution >= 4 is 6.34 Å². The zero-order chi connectivity index (χ0) is 23.1. The molecule has 0 saturated heterocycles. The molecule has 174 valence electrons. The van der Waals surface area contributed by atoms with Gasteiger partial charge in [0, 0.05) is 30.7 Å². The number of benzene rings is 2. The summed E-state index contributed by atoms with van der Waals surface area (Å²) in [7, 11) is 9.90. The van der Waals surface area contributed by atoms with E-state index in [9.17, 15) is 0 Å². The lowest BCUT2D eigenvalue weighted by atomic mass is 10.1. The van der Waals surface area contributed by atoms with Gasteiger partial charge >= 0.3 is 0 Å². The van der Waals surface area contributed by atoms with Crippen molar-refractivity contribution in [1.29, 1.82) is 0 Å². The molecular formula is C24H33N2O6+. The first-order valence-electron chi connectivity index (χ1n) is 10.5. The second-order valence-corrected chi connectivity index (χ2v) is 7.43. The minimum Gasteiger partial charge on any atom is -0.496 e. The van der Waals surface area contributed by atoms with Crippen molar-refractivity contribution in [2.45, 2.75) is 19.5 Å². The summed E-state index contributed by atoms with van der Waals surface area (Å²) in [5.41, 5.74) is 1.96. The number of ether oxygens (including phenoxy) is 6. The largest absolute Gasteiger partial charge is 0.496 e. The highest BCUT2D eigenvalue weighted by atomic mass is 16.5. The van der Waals surface area contributed by atoms with Crippen LogP contribution in [0.4, 0.5) is 0 Å². The molecular weight excluding hydrogens is 412 g/mol. The molecule has 0 unspecified atom stereocenters. The molecule has 2 aromatic rings. The number of methoxy groups -OCH3 is 6. The molecule has 0 aromatic heterocycles. The lowest BCUT2D eigenvalue weighted by molar-refractivity contribution is -0.549. The molecule has 8 heteroatoms. The SMILES string of the molecule is COc1cc(OC)c(CN2C=[N+](Cc3c(OC)cc(OC)cc3OC)CCC2)c(OC)c1. The summed E-state index contributed by atoms with van der Waals surface area (Å²) < 4.78 is 35.5. The van der Waals surface area contributed by atoms with Crippen LogP contribution in [0.15, 0.2) is 24.3 Å². The van der Waals surface area contributed by atoms with Crippen molar-refractivity contribution in [1.82, 2.24) is 4.90 Å². The minimum atomic E-state index is 0.656. The molecule has 0 bridgehead atoms. The fourth-order valence-electron chi connectivity index (χ4n) is 3.94. The van der Waals surface area contributed by atoms with E-state index in [1.54, 1.807) is 42.7 Å². The summed E-state index contributed by atoms with van der Waals surface area (Å²) in [6.45, 7) is 3.19. The minimum absolute atomic E-state index is 0.656. The fourth-order valence-corrected chi connectivity index (χ4v) is 3.94. The van der Waals surface area contributed by atoms with Crippen LogP contribution in [0.2, 0.25) is 0 Å². The maximum absolute atomic E-state index is 5.62. The molecule has 0 radical (unpaired) electrons. The molecule has 0 spiro atoms. The molecule has 1 aliphatic heterocycles. The molecule has 0 saturated carbocycles. The van der Waals surface area contributed by atoms with Crippen LogP contribution in [0, 0.1) is 0 Å². The quantitative estimate of drug-likeness (QED) is 0.521. The normalized spacial score (nSPS) is 13.3. The van der Waals surface area contributed by atoms with Gasteiger partial charge in [0.15, 0.2) is 0 Å². The highest BCUT2D eigenvalue weighted by Gasteiger charge is 2.24. The third kappa shape index (κ3) is 5.12. The van der Waals surface area contributed by atoms with Gasteiger partial charge in [-0.3, -0.25) is 9.48 Å². The van der Waals surface area contributed by atoms with Crippen LogP contribution in [0.3, 0.4) is 0 Å². The Labute approximate surface area is 189 Å². The molecule has 1 aliphatic rings. The second-order valence-electron chi connectivity index (χ2n) is 7.43. The van der Waals surface area contributed by atoms with Crippen molar-refractivity contribution in [3.63, 3.8) is 0 Å². The maximum Gasteiger partial charge on any atom is 0.234 e. The fraction of sp³-hybridized carbons (Fsp3) is 0.458. The van der Waals surface area contributed by atoms with Gasteiger partial charge in [0.05, 0.1) is 66.9 Å². The Bertz CT molecular complexity index is 909. The summed E-state index contributed by atoms with van der Waals surface area (Å²) in [5, 5.41) is 0. The van der Waals surface area contributed by atoms with Crippen molar-refractivity contribution < 1.29 is 33.0 Å². The zero-order valence-corrected chi connectivity index (χ0v) is 19.8. The molecule has 0 atom stereocenters. The van der Waals surface area contributed by atoms with Crippen molar-refractivity contribution in [3.8, 4) is 34.5 Å². The third-order valence-corrected chi connectivity index (χ3v) is 5.57. The van der Waals surface area contributed by atoms with Crippen LogP contribution in [0.1, 0.15) is 17.5 Å². The Hall–Kier alpha value is -3.29. The van der Waals surface area contributed by atoms with E-state index >= 15 is 0 Å². The van der Waals surface area contributed by atoms with Gasteiger partial charge in [-0.05, 0) is 0 Å². The van der Waals surface area contributed by atoms with Crippen LogP contribution in [0.5, 0.6) is 34.5 Å². The zero-order valence-electron chi connectivity index (χ0n) is 19.8. The average Bonchev–Trinajstić information content (AvgIpc) is 2.84. The predicted octanol–water partition coefficient (Wildman–Crippen LogP) is 3.18. The molecule has 8 nitrogen and oxygen atoms in total. The van der Waals surface area contributed by atoms with E-state index in [2.05, 4.69) is 15.8 Å². The standard InChI is InChI=1S/C24H33N2O6/c1-27-17-10-21(29-3)19(22(11-17)30-4)14-25-8-7-9-26(16-25)15-20-23(31-5)12-18(28-2)13-24(20)32-6/h10-13,16H,7-9,14-15H2,1-6H3/q+1. The van der Waals surface area contributed by atoms with Crippen LogP contribution in [-0.2, 0) is 13.1 Å². The molecule has 0 fully saturated rings. The van der Waals surface area contributed by atoms with Gasteiger partial charge in [-0.2, -0.15) is 0 Å². The van der Waals surface area contributed by atoms with E-state index in [4.69, 9.17) is 28.4 Å². The first kappa shape index (κ1) is 23.4. The first-order valence-corrected chi connectivity index (χ1v) is 10.5. The van der Waals surface area contributed by atoms with Gasteiger partial charge in [-0.15, -0.1) is 0 Å². The van der Waals surface area contributed by atoms with Crippen molar-refractivity contribution in [2.24, 2.45) is 0 Å². The van der Waals surface area contributed by atoms with Gasteiger partial charge in [0.25, 0.3) is 0 Å². The lowest BCUT2D eigenvalue weighted by Crippen LogP contribution is -2.35. The maximum atomic E-state index is 5.62. The topological polar surface area (TPSA) is 61.6 Å². The molecule has 3 rings (SSSR count). The van der Waals surface area contributed by atoms with Gasteiger partial charge in [0.2, 0.25) is 6.34 Å². The third-order valence-electron chi connectivity index (χ3n) is 5.57. The van der Waals surface area contributed by atoms with Gasteiger partial charge in [-0.25, -0.2) is 0 Å².